The Morgan fingerprint density at radius 3 is 1.53 bits per heavy atom. The number of Topliss-reactive ketones (excluding diaryl/α,β-unsaturated/α-hetero) is 1. The van der Waals surface area contributed by atoms with Crippen LogP contribution in [0.5, 0.6) is 0 Å². The Bertz CT molecular complexity index is 1110. The number of amides is 1. The minimum atomic E-state index is -2.24. The van der Waals surface area contributed by atoms with Gasteiger partial charge in [0.05, 0.1) is 10.1 Å². The van der Waals surface area contributed by atoms with Gasteiger partial charge in [0.25, 0.3) is 0 Å². The highest BCUT2D eigenvalue weighted by atomic mass is 32.2. The van der Waals surface area contributed by atoms with Crippen LogP contribution < -0.4 is 0 Å². The number of benzene rings is 3. The van der Waals surface area contributed by atoms with Crippen molar-refractivity contribution in [2.24, 2.45) is 5.92 Å². The van der Waals surface area contributed by atoms with E-state index in [0.29, 0.717) is 6.42 Å². The summed E-state index contributed by atoms with van der Waals surface area (Å²) in [5, 5.41) is -0.261. The van der Waals surface area contributed by atoms with Crippen LogP contribution in [0.25, 0.3) is 0 Å². The van der Waals surface area contributed by atoms with Crippen molar-refractivity contribution in [3.8, 4) is 0 Å². The van der Waals surface area contributed by atoms with Crippen LogP contribution in [-0.4, -0.2) is 29.9 Å². The van der Waals surface area contributed by atoms with Gasteiger partial charge < -0.3 is 4.57 Å². The van der Waals surface area contributed by atoms with Gasteiger partial charge in [-0.3, -0.25) is 9.59 Å². The standard InChI is InChI=1S/C31H37NO2SSi/c1-7-26(33)27-28(34)32(36(5,6)30(2,3)4)29(27)35-31(23-17-11-8-12-18-23,24-19-13-9-14-20-24)25-21-15-10-16-22-25/h8-22,27,29H,7H2,1-6H3. The Kier molecular flexibility index (Phi) is 7.36. The topological polar surface area (TPSA) is 37.4 Å². The highest BCUT2D eigenvalue weighted by Crippen LogP contribution is 2.57. The Morgan fingerprint density at radius 1 is 0.806 bits per heavy atom. The van der Waals surface area contributed by atoms with Crippen molar-refractivity contribution in [1.82, 2.24) is 4.57 Å². The molecule has 0 spiro atoms. The molecule has 1 saturated heterocycles. The first-order valence-corrected chi connectivity index (χ1v) is 16.6. The average Bonchev–Trinajstić information content (AvgIpc) is 2.87. The third-order valence-electron chi connectivity index (χ3n) is 8.01. The van der Waals surface area contributed by atoms with Crippen LogP contribution in [0.4, 0.5) is 0 Å². The minimum Gasteiger partial charge on any atom is -0.356 e. The smallest absolute Gasteiger partial charge is 0.229 e. The molecule has 3 aromatic rings. The number of rotatable bonds is 8. The Hall–Kier alpha value is -2.63. The number of β-lactam (4-membered cyclic amide) rings is 1. The van der Waals surface area contributed by atoms with Gasteiger partial charge in [0.1, 0.15) is 11.7 Å². The maximum absolute atomic E-state index is 13.7. The van der Waals surface area contributed by atoms with Gasteiger partial charge in [-0.2, -0.15) is 0 Å². The number of hydrogen-bond acceptors (Lipinski definition) is 3. The number of carbonyl (C=O) groups excluding carboxylic acids is 2. The predicted molar refractivity (Wildman–Crippen MR) is 153 cm³/mol. The van der Waals surface area contributed by atoms with Gasteiger partial charge in [0.2, 0.25) is 5.91 Å². The second-order valence-corrected chi connectivity index (χ2v) is 17.5. The molecule has 0 N–H and O–H groups in total. The lowest BCUT2D eigenvalue weighted by atomic mass is 9.84. The van der Waals surface area contributed by atoms with E-state index in [1.807, 2.05) is 25.1 Å². The molecule has 5 heteroatoms. The first kappa shape index (κ1) is 26.4. The highest BCUT2D eigenvalue weighted by Gasteiger charge is 2.61. The summed E-state index contributed by atoms with van der Waals surface area (Å²) < 4.78 is 1.54. The summed E-state index contributed by atoms with van der Waals surface area (Å²) in [5.74, 6) is -0.561. The van der Waals surface area contributed by atoms with Gasteiger partial charge in [0, 0.05) is 6.42 Å². The number of carbonyl (C=O) groups is 2. The lowest BCUT2D eigenvalue weighted by molar-refractivity contribution is -0.149. The lowest BCUT2D eigenvalue weighted by Crippen LogP contribution is -2.73. The molecule has 3 aromatic carbocycles. The molecular weight excluding hydrogens is 478 g/mol. The summed E-state index contributed by atoms with van der Waals surface area (Å²) in [6.45, 7) is 13.1. The minimum absolute atomic E-state index is 0.00836. The van der Waals surface area contributed by atoms with E-state index in [1.165, 1.54) is 0 Å². The molecule has 3 nitrogen and oxygen atoms in total. The quantitative estimate of drug-likeness (QED) is 0.135. The third-order valence-corrected chi connectivity index (χ3v) is 15.4. The zero-order valence-electron chi connectivity index (χ0n) is 22.2. The number of hydrogen-bond donors (Lipinski definition) is 0. The molecule has 2 atom stereocenters. The molecule has 1 aliphatic heterocycles. The second-order valence-electron chi connectivity index (χ2n) is 11.1. The molecule has 2 unspecified atom stereocenters. The molecule has 0 saturated carbocycles. The summed E-state index contributed by atoms with van der Waals surface area (Å²) in [7, 11) is -2.24. The largest absolute Gasteiger partial charge is 0.356 e. The highest BCUT2D eigenvalue weighted by molar-refractivity contribution is 8.01. The first-order chi connectivity index (χ1) is 17.1. The van der Waals surface area contributed by atoms with Gasteiger partial charge >= 0.3 is 0 Å². The van der Waals surface area contributed by atoms with Crippen LogP contribution in [0.15, 0.2) is 91.0 Å². The van der Waals surface area contributed by atoms with Gasteiger partial charge in [0.15, 0.2) is 8.24 Å². The molecule has 188 valence electrons. The van der Waals surface area contributed by atoms with Crippen LogP contribution in [0, 0.1) is 5.92 Å². The molecule has 0 radical (unpaired) electrons. The Balaban J connectivity index is 1.97. The average molecular weight is 516 g/mol. The van der Waals surface area contributed by atoms with E-state index in [1.54, 1.807) is 11.8 Å². The van der Waals surface area contributed by atoms with Gasteiger partial charge in [-0.25, -0.2) is 0 Å². The van der Waals surface area contributed by atoms with E-state index in [-0.39, 0.29) is 22.1 Å². The summed E-state index contributed by atoms with van der Waals surface area (Å²) in [6, 6.07) is 31.5. The van der Waals surface area contributed by atoms with Crippen LogP contribution in [0.2, 0.25) is 18.1 Å². The number of thioether (sulfide) groups is 1. The van der Waals surface area contributed by atoms with Gasteiger partial charge in [-0.15, -0.1) is 11.8 Å². The summed E-state index contributed by atoms with van der Waals surface area (Å²) >= 11 is 1.76. The lowest BCUT2D eigenvalue weighted by Gasteiger charge is -2.59. The predicted octanol–water partition coefficient (Wildman–Crippen LogP) is 7.48. The van der Waals surface area contributed by atoms with Crippen molar-refractivity contribution in [3.05, 3.63) is 108 Å². The monoisotopic (exact) mass is 515 g/mol. The fourth-order valence-electron chi connectivity index (χ4n) is 4.96. The molecule has 36 heavy (non-hydrogen) atoms. The van der Waals surface area contributed by atoms with Crippen molar-refractivity contribution in [2.75, 3.05) is 0 Å². The maximum atomic E-state index is 13.7. The maximum Gasteiger partial charge on any atom is 0.229 e. The van der Waals surface area contributed by atoms with Gasteiger partial charge in [-0.05, 0) is 21.7 Å². The van der Waals surface area contributed by atoms with Crippen molar-refractivity contribution in [3.63, 3.8) is 0 Å². The van der Waals surface area contributed by atoms with E-state index in [0.717, 1.165) is 16.7 Å². The fourth-order valence-corrected chi connectivity index (χ4v) is 9.90. The van der Waals surface area contributed by atoms with Crippen LogP contribution in [0.1, 0.15) is 50.8 Å². The normalized spacial score (nSPS) is 18.6. The van der Waals surface area contributed by atoms with E-state index in [9.17, 15) is 9.59 Å². The Labute approximate surface area is 221 Å². The SMILES string of the molecule is CCC(=O)C1C(=O)N([Si](C)(C)C(C)(C)C)C1SC(c1ccccc1)(c1ccccc1)c1ccccc1. The van der Waals surface area contributed by atoms with Crippen molar-refractivity contribution < 1.29 is 9.59 Å². The molecule has 1 fully saturated rings. The van der Waals surface area contributed by atoms with Crippen LogP contribution in [-0.2, 0) is 14.3 Å². The molecule has 0 bridgehead atoms. The fraction of sp³-hybridized carbons (Fsp3) is 0.355. The van der Waals surface area contributed by atoms with E-state index >= 15 is 0 Å². The number of nitrogens with zero attached hydrogens (tertiary/aromatic N) is 1. The van der Waals surface area contributed by atoms with Crippen molar-refractivity contribution in [1.29, 1.82) is 0 Å². The van der Waals surface area contributed by atoms with Crippen molar-refractivity contribution >= 4 is 31.7 Å². The van der Waals surface area contributed by atoms with Crippen LogP contribution >= 0.6 is 11.8 Å². The molecule has 1 heterocycles. The molecular formula is C31H37NO2SSi. The molecule has 0 aromatic heterocycles. The van der Waals surface area contributed by atoms with E-state index < -0.39 is 18.9 Å². The molecule has 1 aliphatic rings. The second kappa shape index (κ2) is 10.0. The van der Waals surface area contributed by atoms with Gasteiger partial charge in [-0.1, -0.05) is 132 Å². The molecule has 1 amide bonds. The Morgan fingerprint density at radius 2 is 1.19 bits per heavy atom. The van der Waals surface area contributed by atoms with Crippen LogP contribution in [0.3, 0.4) is 0 Å². The zero-order valence-corrected chi connectivity index (χ0v) is 24.0. The summed E-state index contributed by atoms with van der Waals surface area (Å²) in [4.78, 5) is 26.9. The summed E-state index contributed by atoms with van der Waals surface area (Å²) in [6.07, 6.45) is 0.369. The van der Waals surface area contributed by atoms with E-state index in [4.69, 9.17) is 0 Å². The third kappa shape index (κ3) is 4.37. The number of ketones is 1. The zero-order chi connectivity index (χ0) is 26.1. The molecule has 0 aliphatic carbocycles. The first-order valence-electron chi connectivity index (χ1n) is 12.8. The molecule has 4 rings (SSSR count). The van der Waals surface area contributed by atoms with Crippen molar-refractivity contribution in [2.45, 2.75) is 62.4 Å². The summed E-state index contributed by atoms with van der Waals surface area (Å²) in [5.41, 5.74) is 3.43. The van der Waals surface area contributed by atoms with E-state index in [2.05, 4.69) is 111 Å².